The molecule has 3 rings (SSSR count). The highest BCUT2D eigenvalue weighted by molar-refractivity contribution is 5.73. The number of halogens is 3. The number of alkyl halides is 3. The standard InChI is InChI=1S/C18H26N4O.C2HF3O2/c1-15-17(13-22(20-15)9-10-23)11-19-18-7-8-21(14-18)12-16-5-3-2-4-6-16;3-2(4,5)1(6)7/h2-6,13,18-19,23H,7-12,14H2,1H3;(H,6,7). The van der Waals surface area contributed by atoms with Crippen LogP contribution in [0.5, 0.6) is 0 Å². The van der Waals surface area contributed by atoms with Gasteiger partial charge in [0.25, 0.3) is 0 Å². The van der Waals surface area contributed by atoms with Crippen LogP contribution in [0, 0.1) is 6.92 Å². The summed E-state index contributed by atoms with van der Waals surface area (Å²) in [4.78, 5) is 11.4. The maximum atomic E-state index is 10.6. The third-order valence-corrected chi connectivity index (χ3v) is 4.72. The van der Waals surface area contributed by atoms with Crippen LogP contribution in [-0.4, -0.2) is 62.8 Å². The molecular weight excluding hydrogens is 401 g/mol. The summed E-state index contributed by atoms with van der Waals surface area (Å²) in [6, 6.07) is 11.2. The zero-order valence-electron chi connectivity index (χ0n) is 16.8. The van der Waals surface area contributed by atoms with E-state index in [0.717, 1.165) is 31.9 Å². The van der Waals surface area contributed by atoms with Crippen molar-refractivity contribution in [2.75, 3.05) is 19.7 Å². The number of aliphatic carboxylic acids is 1. The van der Waals surface area contributed by atoms with Crippen LogP contribution in [0.4, 0.5) is 13.2 Å². The fraction of sp³-hybridized carbons (Fsp3) is 0.500. The summed E-state index contributed by atoms with van der Waals surface area (Å²) < 4.78 is 33.6. The lowest BCUT2D eigenvalue weighted by molar-refractivity contribution is -0.192. The number of aliphatic hydroxyl groups excluding tert-OH is 1. The Balaban J connectivity index is 0.000000396. The molecule has 3 N–H and O–H groups in total. The molecule has 1 saturated heterocycles. The fourth-order valence-electron chi connectivity index (χ4n) is 3.19. The molecule has 2 aromatic rings. The highest BCUT2D eigenvalue weighted by atomic mass is 19.4. The van der Waals surface area contributed by atoms with E-state index in [9.17, 15) is 13.2 Å². The van der Waals surface area contributed by atoms with Gasteiger partial charge >= 0.3 is 12.1 Å². The third-order valence-electron chi connectivity index (χ3n) is 4.72. The lowest BCUT2D eigenvalue weighted by atomic mass is 10.2. The van der Waals surface area contributed by atoms with Gasteiger partial charge in [0.1, 0.15) is 0 Å². The van der Waals surface area contributed by atoms with Gasteiger partial charge < -0.3 is 15.5 Å². The van der Waals surface area contributed by atoms with Crippen LogP contribution in [0.25, 0.3) is 0 Å². The first-order valence-corrected chi connectivity index (χ1v) is 9.62. The SMILES string of the molecule is Cc1nn(CCO)cc1CNC1CCN(Cc2ccccc2)C1.O=C(O)C(F)(F)F. The Kier molecular flexibility index (Phi) is 8.82. The second kappa shape index (κ2) is 11.1. The molecular formula is C20H27F3N4O3. The molecule has 1 aliphatic rings. The normalized spacial score (nSPS) is 16.9. The quantitative estimate of drug-likeness (QED) is 0.626. The molecule has 0 saturated carbocycles. The van der Waals surface area contributed by atoms with Crippen LogP contribution in [0.1, 0.15) is 23.2 Å². The predicted octanol–water partition coefficient (Wildman–Crippen LogP) is 2.18. The van der Waals surface area contributed by atoms with Crippen molar-refractivity contribution in [3.8, 4) is 0 Å². The van der Waals surface area contributed by atoms with Crippen molar-refractivity contribution in [3.63, 3.8) is 0 Å². The first-order valence-electron chi connectivity index (χ1n) is 9.62. The first-order chi connectivity index (χ1) is 14.2. The van der Waals surface area contributed by atoms with Gasteiger partial charge in [0.15, 0.2) is 0 Å². The average Bonchev–Trinajstić information content (AvgIpc) is 3.27. The molecule has 1 aromatic heterocycles. The molecule has 0 radical (unpaired) electrons. The minimum Gasteiger partial charge on any atom is -0.475 e. The number of nitrogens with zero attached hydrogens (tertiary/aromatic N) is 3. The van der Waals surface area contributed by atoms with Crippen LogP contribution in [0.2, 0.25) is 0 Å². The molecule has 1 atom stereocenters. The summed E-state index contributed by atoms with van der Waals surface area (Å²) in [6.07, 6.45) is -1.86. The molecule has 30 heavy (non-hydrogen) atoms. The molecule has 7 nitrogen and oxygen atoms in total. The van der Waals surface area contributed by atoms with Gasteiger partial charge in [0, 0.05) is 44.0 Å². The monoisotopic (exact) mass is 428 g/mol. The second-order valence-electron chi connectivity index (χ2n) is 7.12. The Bertz CT molecular complexity index is 796. The zero-order chi connectivity index (χ0) is 22.1. The Labute approximate surface area is 173 Å². The summed E-state index contributed by atoms with van der Waals surface area (Å²) in [5.41, 5.74) is 3.65. The van der Waals surface area contributed by atoms with E-state index in [2.05, 4.69) is 45.6 Å². The van der Waals surface area contributed by atoms with Gasteiger partial charge in [-0.2, -0.15) is 18.3 Å². The van der Waals surface area contributed by atoms with Crippen molar-refractivity contribution in [1.29, 1.82) is 0 Å². The topological polar surface area (TPSA) is 90.6 Å². The molecule has 2 heterocycles. The third kappa shape index (κ3) is 7.77. The van der Waals surface area contributed by atoms with Crippen LogP contribution in [0.3, 0.4) is 0 Å². The number of likely N-dealkylation sites (tertiary alicyclic amines) is 1. The summed E-state index contributed by atoms with van der Waals surface area (Å²) in [5, 5.41) is 24.2. The molecule has 1 aromatic carbocycles. The van der Waals surface area contributed by atoms with Gasteiger partial charge in [-0.15, -0.1) is 0 Å². The van der Waals surface area contributed by atoms with Crippen molar-refractivity contribution in [2.45, 2.75) is 45.2 Å². The lowest BCUT2D eigenvalue weighted by Crippen LogP contribution is -2.32. The highest BCUT2D eigenvalue weighted by Gasteiger charge is 2.38. The van der Waals surface area contributed by atoms with Crippen molar-refractivity contribution in [1.82, 2.24) is 20.0 Å². The fourth-order valence-corrected chi connectivity index (χ4v) is 3.19. The molecule has 0 amide bonds. The minimum atomic E-state index is -5.08. The Morgan fingerprint density at radius 2 is 1.97 bits per heavy atom. The van der Waals surface area contributed by atoms with Gasteiger partial charge in [-0.3, -0.25) is 9.58 Å². The Morgan fingerprint density at radius 1 is 1.30 bits per heavy atom. The van der Waals surface area contributed by atoms with Crippen molar-refractivity contribution in [2.24, 2.45) is 0 Å². The van der Waals surface area contributed by atoms with Gasteiger partial charge in [0.2, 0.25) is 0 Å². The van der Waals surface area contributed by atoms with Gasteiger partial charge in [-0.1, -0.05) is 30.3 Å². The van der Waals surface area contributed by atoms with Crippen LogP contribution >= 0.6 is 0 Å². The molecule has 1 fully saturated rings. The molecule has 166 valence electrons. The first kappa shape index (κ1) is 23.8. The van der Waals surface area contributed by atoms with E-state index in [-0.39, 0.29) is 6.61 Å². The average molecular weight is 428 g/mol. The van der Waals surface area contributed by atoms with Gasteiger partial charge in [-0.25, -0.2) is 4.79 Å². The van der Waals surface area contributed by atoms with Crippen LogP contribution in [0.15, 0.2) is 36.5 Å². The van der Waals surface area contributed by atoms with E-state index in [4.69, 9.17) is 15.0 Å². The predicted molar refractivity (Wildman–Crippen MR) is 105 cm³/mol. The van der Waals surface area contributed by atoms with E-state index in [0.29, 0.717) is 12.6 Å². The van der Waals surface area contributed by atoms with E-state index < -0.39 is 12.1 Å². The van der Waals surface area contributed by atoms with Crippen LogP contribution in [-0.2, 0) is 24.4 Å². The van der Waals surface area contributed by atoms with Crippen molar-refractivity contribution < 1.29 is 28.2 Å². The van der Waals surface area contributed by atoms with Crippen molar-refractivity contribution >= 4 is 5.97 Å². The number of hydrogen-bond donors (Lipinski definition) is 3. The van der Waals surface area contributed by atoms with Gasteiger partial charge in [0.05, 0.1) is 18.8 Å². The van der Waals surface area contributed by atoms with E-state index >= 15 is 0 Å². The number of nitrogens with one attached hydrogen (secondary N) is 1. The highest BCUT2D eigenvalue weighted by Crippen LogP contribution is 2.15. The number of aromatic nitrogens is 2. The summed E-state index contributed by atoms with van der Waals surface area (Å²) in [6.45, 7) is 6.85. The smallest absolute Gasteiger partial charge is 0.475 e. The number of carboxylic acids is 1. The molecule has 0 spiro atoms. The zero-order valence-corrected chi connectivity index (χ0v) is 16.8. The second-order valence-corrected chi connectivity index (χ2v) is 7.12. The number of aliphatic hydroxyl groups is 1. The largest absolute Gasteiger partial charge is 0.490 e. The number of benzene rings is 1. The number of rotatable bonds is 7. The molecule has 10 heteroatoms. The number of hydrogen-bond acceptors (Lipinski definition) is 5. The Morgan fingerprint density at radius 3 is 2.57 bits per heavy atom. The molecule has 1 unspecified atom stereocenters. The van der Waals surface area contributed by atoms with E-state index in [1.165, 1.54) is 17.5 Å². The maximum absolute atomic E-state index is 10.6. The molecule has 0 bridgehead atoms. The minimum absolute atomic E-state index is 0.130. The molecule has 0 aliphatic carbocycles. The van der Waals surface area contributed by atoms with Crippen LogP contribution < -0.4 is 5.32 Å². The maximum Gasteiger partial charge on any atom is 0.490 e. The summed E-state index contributed by atoms with van der Waals surface area (Å²) in [5.74, 6) is -2.76. The number of carboxylic acid groups (broad SMARTS) is 1. The number of carbonyl (C=O) groups is 1. The number of aryl methyl sites for hydroxylation is 1. The molecule has 1 aliphatic heterocycles. The van der Waals surface area contributed by atoms with E-state index in [1.807, 2.05) is 17.8 Å². The summed E-state index contributed by atoms with van der Waals surface area (Å²) in [7, 11) is 0. The Hall–Kier alpha value is -2.43. The van der Waals surface area contributed by atoms with E-state index in [1.54, 1.807) is 0 Å². The van der Waals surface area contributed by atoms with Crippen molar-refractivity contribution in [3.05, 3.63) is 53.3 Å². The van der Waals surface area contributed by atoms with Gasteiger partial charge in [-0.05, 0) is 18.9 Å². The summed E-state index contributed by atoms with van der Waals surface area (Å²) >= 11 is 0. The lowest BCUT2D eigenvalue weighted by Gasteiger charge is -2.16.